The van der Waals surface area contributed by atoms with Crippen LogP contribution in [0, 0.1) is 0 Å². The van der Waals surface area contributed by atoms with Crippen molar-refractivity contribution in [1.29, 1.82) is 0 Å². The Morgan fingerprint density at radius 2 is 2.11 bits per heavy atom. The number of nitrogens with two attached hydrogens (primary N) is 1. The van der Waals surface area contributed by atoms with Gasteiger partial charge in [-0.3, -0.25) is 4.99 Å². The molecule has 0 atom stereocenters. The number of rotatable bonds is 4. The van der Waals surface area contributed by atoms with Gasteiger partial charge in [-0.05, 0) is 13.3 Å². The summed E-state index contributed by atoms with van der Waals surface area (Å²) in [6.45, 7) is 4.90. The standard InChI is InChI=1S/C7H16N2/c1-3-4-5-6-9-7(2)8/h3-6H2,1-2H3,(H2,8,9). The van der Waals surface area contributed by atoms with E-state index in [1.54, 1.807) is 0 Å². The Balaban J connectivity index is 3.00. The molecule has 0 radical (unpaired) electrons. The normalized spacial score (nSPS) is 12.0. The Kier molecular flexibility index (Phi) is 5.27. The maximum atomic E-state index is 5.32. The van der Waals surface area contributed by atoms with Gasteiger partial charge in [0.05, 0.1) is 5.84 Å². The molecule has 0 aliphatic rings. The minimum absolute atomic E-state index is 0.700. The lowest BCUT2D eigenvalue weighted by Crippen LogP contribution is -2.05. The summed E-state index contributed by atoms with van der Waals surface area (Å²) in [5, 5.41) is 0. The van der Waals surface area contributed by atoms with E-state index >= 15 is 0 Å². The van der Waals surface area contributed by atoms with Crippen LogP contribution >= 0.6 is 0 Å². The zero-order valence-corrected chi connectivity index (χ0v) is 6.35. The zero-order chi connectivity index (χ0) is 7.11. The first-order valence-electron chi connectivity index (χ1n) is 3.54. The topological polar surface area (TPSA) is 38.4 Å². The molecule has 0 spiro atoms. The van der Waals surface area contributed by atoms with Gasteiger partial charge in [-0.25, -0.2) is 0 Å². The van der Waals surface area contributed by atoms with Gasteiger partial charge in [0.1, 0.15) is 0 Å². The number of amidine groups is 1. The van der Waals surface area contributed by atoms with Crippen molar-refractivity contribution in [3.8, 4) is 0 Å². The van der Waals surface area contributed by atoms with Gasteiger partial charge in [0.25, 0.3) is 0 Å². The first kappa shape index (κ1) is 8.47. The number of nitrogens with zero attached hydrogens (tertiary/aromatic N) is 1. The fourth-order valence-corrected chi connectivity index (χ4v) is 0.617. The van der Waals surface area contributed by atoms with Gasteiger partial charge in [-0.2, -0.15) is 0 Å². The third-order valence-electron chi connectivity index (χ3n) is 1.12. The third kappa shape index (κ3) is 7.47. The Morgan fingerprint density at radius 1 is 1.44 bits per heavy atom. The maximum absolute atomic E-state index is 5.32. The van der Waals surface area contributed by atoms with Crippen LogP contribution in [0.5, 0.6) is 0 Å². The fraction of sp³-hybridized carbons (Fsp3) is 0.857. The largest absolute Gasteiger partial charge is 0.388 e. The summed E-state index contributed by atoms with van der Waals surface area (Å²) in [6.07, 6.45) is 3.68. The maximum Gasteiger partial charge on any atom is 0.0905 e. The van der Waals surface area contributed by atoms with E-state index in [0.29, 0.717) is 5.84 Å². The van der Waals surface area contributed by atoms with Crippen LogP contribution in [-0.4, -0.2) is 12.4 Å². The second kappa shape index (κ2) is 5.60. The molecule has 2 nitrogen and oxygen atoms in total. The highest BCUT2D eigenvalue weighted by Gasteiger charge is 1.82. The average Bonchev–Trinajstić information content (AvgIpc) is 1.80. The van der Waals surface area contributed by atoms with Crippen LogP contribution in [0.4, 0.5) is 0 Å². The van der Waals surface area contributed by atoms with Gasteiger partial charge in [0, 0.05) is 6.54 Å². The van der Waals surface area contributed by atoms with Gasteiger partial charge in [0.15, 0.2) is 0 Å². The predicted molar refractivity (Wildman–Crippen MR) is 41.7 cm³/mol. The highest BCUT2D eigenvalue weighted by atomic mass is 14.8. The quantitative estimate of drug-likeness (QED) is 0.348. The predicted octanol–water partition coefficient (Wildman–Crippen LogP) is 1.55. The highest BCUT2D eigenvalue weighted by molar-refractivity contribution is 5.77. The van der Waals surface area contributed by atoms with Crippen LogP contribution in [0.15, 0.2) is 4.99 Å². The summed E-state index contributed by atoms with van der Waals surface area (Å²) in [7, 11) is 0. The molecule has 0 aliphatic carbocycles. The van der Waals surface area contributed by atoms with Crippen LogP contribution in [0.3, 0.4) is 0 Å². The minimum atomic E-state index is 0.700. The van der Waals surface area contributed by atoms with Crippen molar-refractivity contribution in [3.05, 3.63) is 0 Å². The number of hydrogen-bond donors (Lipinski definition) is 1. The van der Waals surface area contributed by atoms with Crippen LogP contribution in [0.2, 0.25) is 0 Å². The van der Waals surface area contributed by atoms with E-state index in [-0.39, 0.29) is 0 Å². The van der Waals surface area contributed by atoms with Gasteiger partial charge in [-0.15, -0.1) is 0 Å². The molecule has 0 bridgehead atoms. The van der Waals surface area contributed by atoms with Gasteiger partial charge >= 0.3 is 0 Å². The molecule has 0 aromatic rings. The Bertz CT molecular complexity index is 82.9. The van der Waals surface area contributed by atoms with Gasteiger partial charge in [0.2, 0.25) is 0 Å². The van der Waals surface area contributed by atoms with E-state index in [1.807, 2.05) is 6.92 Å². The molecule has 0 saturated carbocycles. The molecule has 0 amide bonds. The van der Waals surface area contributed by atoms with Gasteiger partial charge < -0.3 is 5.73 Å². The first-order valence-corrected chi connectivity index (χ1v) is 3.54. The molecule has 0 unspecified atom stereocenters. The van der Waals surface area contributed by atoms with E-state index in [4.69, 9.17) is 5.73 Å². The Labute approximate surface area is 57.2 Å². The van der Waals surface area contributed by atoms with E-state index in [0.717, 1.165) is 6.54 Å². The summed E-state index contributed by atoms with van der Waals surface area (Å²) in [5.74, 6) is 0.700. The highest BCUT2D eigenvalue weighted by Crippen LogP contribution is 1.92. The van der Waals surface area contributed by atoms with Crippen molar-refractivity contribution >= 4 is 5.84 Å². The van der Waals surface area contributed by atoms with Crippen molar-refractivity contribution in [2.24, 2.45) is 10.7 Å². The van der Waals surface area contributed by atoms with Crippen molar-refractivity contribution in [3.63, 3.8) is 0 Å². The van der Waals surface area contributed by atoms with Crippen molar-refractivity contribution < 1.29 is 0 Å². The summed E-state index contributed by atoms with van der Waals surface area (Å²) in [4.78, 5) is 4.06. The molecule has 2 heteroatoms. The molecule has 54 valence electrons. The zero-order valence-electron chi connectivity index (χ0n) is 6.35. The van der Waals surface area contributed by atoms with Crippen LogP contribution in [0.1, 0.15) is 33.1 Å². The third-order valence-corrected chi connectivity index (χ3v) is 1.12. The van der Waals surface area contributed by atoms with Crippen LogP contribution < -0.4 is 5.73 Å². The van der Waals surface area contributed by atoms with E-state index in [1.165, 1.54) is 19.3 Å². The molecule has 2 N–H and O–H groups in total. The fourth-order valence-electron chi connectivity index (χ4n) is 0.617. The second-order valence-electron chi connectivity index (χ2n) is 2.23. The monoisotopic (exact) mass is 128 g/mol. The molecule has 0 saturated heterocycles. The molecule has 0 rings (SSSR count). The van der Waals surface area contributed by atoms with E-state index < -0.39 is 0 Å². The summed E-state index contributed by atoms with van der Waals surface area (Å²) in [5.41, 5.74) is 5.32. The second-order valence-corrected chi connectivity index (χ2v) is 2.23. The summed E-state index contributed by atoms with van der Waals surface area (Å²) in [6, 6.07) is 0. The molecule has 9 heavy (non-hydrogen) atoms. The Hall–Kier alpha value is -0.530. The molecular formula is C7H16N2. The molecule has 0 fully saturated rings. The summed E-state index contributed by atoms with van der Waals surface area (Å²) < 4.78 is 0. The van der Waals surface area contributed by atoms with Crippen LogP contribution in [0.25, 0.3) is 0 Å². The van der Waals surface area contributed by atoms with Crippen LogP contribution in [-0.2, 0) is 0 Å². The lowest BCUT2D eigenvalue weighted by molar-refractivity contribution is 0.727. The lowest BCUT2D eigenvalue weighted by Gasteiger charge is -1.92. The number of unbranched alkanes of at least 4 members (excludes halogenated alkanes) is 2. The Morgan fingerprint density at radius 3 is 2.56 bits per heavy atom. The minimum Gasteiger partial charge on any atom is -0.388 e. The average molecular weight is 128 g/mol. The molecular weight excluding hydrogens is 112 g/mol. The number of hydrogen-bond acceptors (Lipinski definition) is 1. The van der Waals surface area contributed by atoms with Gasteiger partial charge in [-0.1, -0.05) is 19.8 Å². The SMILES string of the molecule is CCCCCN=C(C)N. The molecule has 0 aromatic carbocycles. The van der Waals surface area contributed by atoms with Crippen molar-refractivity contribution in [2.45, 2.75) is 33.1 Å². The molecule has 0 aliphatic heterocycles. The molecule has 0 aromatic heterocycles. The van der Waals surface area contributed by atoms with E-state index in [9.17, 15) is 0 Å². The number of aliphatic imine (C=N–C) groups is 1. The first-order chi connectivity index (χ1) is 4.27. The van der Waals surface area contributed by atoms with Crippen molar-refractivity contribution in [2.75, 3.05) is 6.54 Å². The summed E-state index contributed by atoms with van der Waals surface area (Å²) >= 11 is 0. The van der Waals surface area contributed by atoms with Crippen molar-refractivity contribution in [1.82, 2.24) is 0 Å². The molecule has 0 heterocycles. The van der Waals surface area contributed by atoms with E-state index in [2.05, 4.69) is 11.9 Å². The smallest absolute Gasteiger partial charge is 0.0905 e. The lowest BCUT2D eigenvalue weighted by atomic mass is 10.2.